The zero-order valence-corrected chi connectivity index (χ0v) is 8.14. The average molecular weight is 171 g/mol. The molecule has 0 fully saturated rings. The van der Waals surface area contributed by atoms with Gasteiger partial charge in [-0.15, -0.1) is 6.58 Å². The Hall–Kier alpha value is -0.340. The van der Waals surface area contributed by atoms with Crippen LogP contribution in [0.15, 0.2) is 12.7 Å². The molecule has 0 aliphatic carbocycles. The standard InChI is InChI=1S/C10H21NO/c1-3-5-6-9-12-10-7-8-11-4-2/h3,11H,1,4-10H2,2H3. The van der Waals surface area contributed by atoms with Gasteiger partial charge in [0, 0.05) is 13.2 Å². The molecule has 0 radical (unpaired) electrons. The van der Waals surface area contributed by atoms with Gasteiger partial charge in [0.15, 0.2) is 0 Å². The van der Waals surface area contributed by atoms with Gasteiger partial charge >= 0.3 is 0 Å². The fourth-order valence-electron chi connectivity index (χ4n) is 0.908. The molecule has 0 atom stereocenters. The quantitative estimate of drug-likeness (QED) is 0.423. The van der Waals surface area contributed by atoms with Gasteiger partial charge in [0.25, 0.3) is 0 Å². The van der Waals surface area contributed by atoms with Crippen LogP contribution in [0.4, 0.5) is 0 Å². The van der Waals surface area contributed by atoms with E-state index in [0.717, 1.165) is 45.6 Å². The molecule has 0 aliphatic heterocycles. The normalized spacial score (nSPS) is 10.1. The maximum atomic E-state index is 5.39. The Morgan fingerprint density at radius 2 is 2.08 bits per heavy atom. The molecule has 72 valence electrons. The van der Waals surface area contributed by atoms with Crippen molar-refractivity contribution in [2.24, 2.45) is 0 Å². The topological polar surface area (TPSA) is 21.3 Å². The van der Waals surface area contributed by atoms with Gasteiger partial charge in [-0.05, 0) is 32.4 Å². The lowest BCUT2D eigenvalue weighted by molar-refractivity contribution is 0.130. The molecule has 2 nitrogen and oxygen atoms in total. The van der Waals surface area contributed by atoms with Gasteiger partial charge in [-0.3, -0.25) is 0 Å². The second-order valence-corrected chi connectivity index (χ2v) is 2.75. The monoisotopic (exact) mass is 171 g/mol. The van der Waals surface area contributed by atoms with Crippen LogP contribution in [0.1, 0.15) is 26.2 Å². The molecule has 0 unspecified atom stereocenters. The molecule has 0 spiro atoms. The van der Waals surface area contributed by atoms with Crippen LogP contribution in [0, 0.1) is 0 Å². The Morgan fingerprint density at radius 3 is 2.75 bits per heavy atom. The van der Waals surface area contributed by atoms with Crippen LogP contribution in [0.3, 0.4) is 0 Å². The minimum absolute atomic E-state index is 0.873. The molecule has 0 aromatic carbocycles. The summed E-state index contributed by atoms with van der Waals surface area (Å²) < 4.78 is 5.39. The van der Waals surface area contributed by atoms with Crippen LogP contribution < -0.4 is 5.32 Å². The van der Waals surface area contributed by atoms with Gasteiger partial charge in [0.05, 0.1) is 0 Å². The van der Waals surface area contributed by atoms with E-state index in [1.165, 1.54) is 0 Å². The highest BCUT2D eigenvalue weighted by Gasteiger charge is 1.87. The van der Waals surface area contributed by atoms with E-state index in [9.17, 15) is 0 Å². The van der Waals surface area contributed by atoms with E-state index in [4.69, 9.17) is 4.74 Å². The number of hydrogen-bond donors (Lipinski definition) is 1. The first-order valence-electron chi connectivity index (χ1n) is 4.81. The van der Waals surface area contributed by atoms with Crippen molar-refractivity contribution in [2.45, 2.75) is 26.2 Å². The van der Waals surface area contributed by atoms with Crippen molar-refractivity contribution in [1.29, 1.82) is 0 Å². The van der Waals surface area contributed by atoms with Gasteiger partial charge in [0.2, 0.25) is 0 Å². The van der Waals surface area contributed by atoms with Crippen molar-refractivity contribution in [3.8, 4) is 0 Å². The summed E-state index contributed by atoms with van der Waals surface area (Å²) in [7, 11) is 0. The predicted molar refractivity (Wildman–Crippen MR) is 53.4 cm³/mol. The van der Waals surface area contributed by atoms with Crippen molar-refractivity contribution in [3.63, 3.8) is 0 Å². The van der Waals surface area contributed by atoms with E-state index in [2.05, 4.69) is 18.8 Å². The van der Waals surface area contributed by atoms with Gasteiger partial charge in [0.1, 0.15) is 0 Å². The molecule has 0 amide bonds. The molecular weight excluding hydrogens is 150 g/mol. The van der Waals surface area contributed by atoms with Crippen molar-refractivity contribution >= 4 is 0 Å². The summed E-state index contributed by atoms with van der Waals surface area (Å²) in [6, 6.07) is 0. The average Bonchev–Trinajstić information content (AvgIpc) is 2.10. The van der Waals surface area contributed by atoms with Crippen LogP contribution in [0.25, 0.3) is 0 Å². The van der Waals surface area contributed by atoms with Crippen LogP contribution in [0.2, 0.25) is 0 Å². The molecular formula is C10H21NO. The Morgan fingerprint density at radius 1 is 1.33 bits per heavy atom. The van der Waals surface area contributed by atoms with E-state index in [1.54, 1.807) is 0 Å². The third-order valence-corrected chi connectivity index (χ3v) is 1.59. The number of ether oxygens (including phenoxy) is 1. The van der Waals surface area contributed by atoms with Gasteiger partial charge in [-0.25, -0.2) is 0 Å². The summed E-state index contributed by atoms with van der Waals surface area (Å²) in [5.41, 5.74) is 0. The van der Waals surface area contributed by atoms with E-state index < -0.39 is 0 Å². The van der Waals surface area contributed by atoms with Gasteiger partial charge < -0.3 is 10.1 Å². The Bertz CT molecular complexity index is 93.8. The SMILES string of the molecule is C=CCCCOCCCNCC. The smallest absolute Gasteiger partial charge is 0.0478 e. The highest BCUT2D eigenvalue weighted by molar-refractivity contribution is 4.64. The fraction of sp³-hybridized carbons (Fsp3) is 0.800. The van der Waals surface area contributed by atoms with E-state index in [0.29, 0.717) is 0 Å². The number of allylic oxidation sites excluding steroid dienone is 1. The van der Waals surface area contributed by atoms with Gasteiger partial charge in [-0.2, -0.15) is 0 Å². The number of unbranched alkanes of at least 4 members (excludes halogenated alkanes) is 1. The molecule has 0 heterocycles. The third-order valence-electron chi connectivity index (χ3n) is 1.59. The lowest BCUT2D eigenvalue weighted by Crippen LogP contribution is -2.15. The summed E-state index contributed by atoms with van der Waals surface area (Å²) >= 11 is 0. The molecule has 0 aliphatic rings. The second-order valence-electron chi connectivity index (χ2n) is 2.75. The highest BCUT2D eigenvalue weighted by Crippen LogP contribution is 1.90. The van der Waals surface area contributed by atoms with Crippen molar-refractivity contribution in [2.75, 3.05) is 26.3 Å². The zero-order chi connectivity index (χ0) is 9.07. The van der Waals surface area contributed by atoms with Crippen LogP contribution in [-0.2, 0) is 4.74 Å². The third kappa shape index (κ3) is 9.66. The maximum Gasteiger partial charge on any atom is 0.0478 e. The number of rotatable bonds is 9. The minimum Gasteiger partial charge on any atom is -0.381 e. The van der Waals surface area contributed by atoms with Crippen LogP contribution >= 0.6 is 0 Å². The summed E-state index contributed by atoms with van der Waals surface area (Å²) in [5, 5.41) is 3.25. The molecule has 12 heavy (non-hydrogen) atoms. The summed E-state index contributed by atoms with van der Waals surface area (Å²) in [6.45, 7) is 9.64. The summed E-state index contributed by atoms with van der Waals surface area (Å²) in [5.74, 6) is 0. The van der Waals surface area contributed by atoms with Gasteiger partial charge in [-0.1, -0.05) is 13.0 Å². The minimum atomic E-state index is 0.873. The largest absolute Gasteiger partial charge is 0.381 e. The molecule has 0 rings (SSSR count). The zero-order valence-electron chi connectivity index (χ0n) is 8.14. The molecule has 0 aromatic heterocycles. The van der Waals surface area contributed by atoms with E-state index in [1.807, 2.05) is 6.08 Å². The Balaban J connectivity index is 2.77. The molecule has 0 saturated carbocycles. The second kappa shape index (κ2) is 10.7. The first-order valence-corrected chi connectivity index (χ1v) is 4.81. The van der Waals surface area contributed by atoms with Crippen LogP contribution in [0.5, 0.6) is 0 Å². The number of hydrogen-bond acceptors (Lipinski definition) is 2. The lowest BCUT2D eigenvalue weighted by Gasteiger charge is -2.03. The Kier molecular flexibility index (Phi) is 10.4. The summed E-state index contributed by atoms with van der Waals surface area (Å²) in [4.78, 5) is 0. The Labute approximate surface area is 76.0 Å². The van der Waals surface area contributed by atoms with E-state index >= 15 is 0 Å². The summed E-state index contributed by atoms with van der Waals surface area (Å²) in [6.07, 6.45) is 5.21. The molecule has 2 heteroatoms. The molecule has 0 saturated heterocycles. The molecule has 0 aromatic rings. The predicted octanol–water partition coefficient (Wildman–Crippen LogP) is 1.97. The van der Waals surface area contributed by atoms with Crippen LogP contribution in [-0.4, -0.2) is 26.3 Å². The first kappa shape index (κ1) is 11.7. The van der Waals surface area contributed by atoms with Crippen molar-refractivity contribution in [3.05, 3.63) is 12.7 Å². The van der Waals surface area contributed by atoms with Crippen molar-refractivity contribution in [1.82, 2.24) is 5.32 Å². The maximum absolute atomic E-state index is 5.39. The molecule has 1 N–H and O–H groups in total. The lowest BCUT2D eigenvalue weighted by atomic mass is 10.3. The highest BCUT2D eigenvalue weighted by atomic mass is 16.5. The van der Waals surface area contributed by atoms with Crippen molar-refractivity contribution < 1.29 is 4.74 Å². The fourth-order valence-corrected chi connectivity index (χ4v) is 0.908. The number of nitrogens with one attached hydrogen (secondary N) is 1. The molecule has 0 bridgehead atoms. The first-order chi connectivity index (χ1) is 5.91. The van der Waals surface area contributed by atoms with E-state index in [-0.39, 0.29) is 0 Å².